The van der Waals surface area contributed by atoms with Crippen LogP contribution in [0, 0.1) is 0 Å². The molecule has 1 aromatic carbocycles. The first-order valence-electron chi connectivity index (χ1n) is 5.83. The maximum atomic E-state index is 12.0. The summed E-state index contributed by atoms with van der Waals surface area (Å²) in [5.41, 5.74) is 1.10. The van der Waals surface area contributed by atoms with Gasteiger partial charge in [0.1, 0.15) is 0 Å². The normalized spacial score (nSPS) is 11.7. The van der Waals surface area contributed by atoms with Crippen molar-refractivity contribution in [2.24, 2.45) is 7.05 Å². The third kappa shape index (κ3) is 3.83. The SMILES string of the molecule is Cn1ccc(CCNS(=O)(=O)c2ccc(Cl)cc2)c1. The average molecular weight is 299 g/mol. The van der Waals surface area contributed by atoms with Crippen LogP contribution in [0.3, 0.4) is 0 Å². The molecule has 0 saturated carbocycles. The molecule has 0 unspecified atom stereocenters. The first kappa shape index (κ1) is 14.1. The summed E-state index contributed by atoms with van der Waals surface area (Å²) in [6.07, 6.45) is 4.56. The molecule has 0 saturated heterocycles. The predicted octanol–water partition coefficient (Wildman–Crippen LogP) is 2.20. The monoisotopic (exact) mass is 298 g/mol. The number of halogens is 1. The molecular formula is C13H15ClN2O2S. The topological polar surface area (TPSA) is 51.1 Å². The molecule has 0 aliphatic heterocycles. The fraction of sp³-hybridized carbons (Fsp3) is 0.231. The number of aryl methyl sites for hydroxylation is 1. The van der Waals surface area contributed by atoms with Crippen LogP contribution >= 0.6 is 11.6 Å². The summed E-state index contributed by atoms with van der Waals surface area (Å²) < 4.78 is 28.5. The summed E-state index contributed by atoms with van der Waals surface area (Å²) >= 11 is 5.73. The summed E-state index contributed by atoms with van der Waals surface area (Å²) in [5, 5.41) is 0.517. The van der Waals surface area contributed by atoms with Crippen molar-refractivity contribution in [3.05, 3.63) is 53.3 Å². The molecule has 2 aromatic rings. The van der Waals surface area contributed by atoms with Crippen LogP contribution in [0.25, 0.3) is 0 Å². The standard InChI is InChI=1S/C13H15ClN2O2S/c1-16-9-7-11(10-16)6-8-15-19(17,18)13-4-2-12(14)3-5-13/h2-5,7,9-10,15H,6,8H2,1H3. The van der Waals surface area contributed by atoms with Crippen molar-refractivity contribution in [2.75, 3.05) is 6.54 Å². The van der Waals surface area contributed by atoms with Gasteiger partial charge in [-0.2, -0.15) is 0 Å². The summed E-state index contributed by atoms with van der Waals surface area (Å²) in [6.45, 7) is 0.370. The number of benzene rings is 1. The van der Waals surface area contributed by atoms with E-state index in [4.69, 9.17) is 11.6 Å². The zero-order valence-electron chi connectivity index (χ0n) is 10.5. The number of rotatable bonds is 5. The Morgan fingerprint density at radius 3 is 2.47 bits per heavy atom. The van der Waals surface area contributed by atoms with Gasteiger partial charge < -0.3 is 4.57 Å². The minimum absolute atomic E-state index is 0.227. The number of aromatic nitrogens is 1. The number of nitrogens with one attached hydrogen (secondary N) is 1. The lowest BCUT2D eigenvalue weighted by molar-refractivity contribution is 0.581. The van der Waals surface area contributed by atoms with E-state index < -0.39 is 10.0 Å². The van der Waals surface area contributed by atoms with Crippen molar-refractivity contribution in [1.29, 1.82) is 0 Å². The van der Waals surface area contributed by atoms with E-state index in [0.717, 1.165) is 5.56 Å². The molecule has 102 valence electrons. The molecule has 0 fully saturated rings. The summed E-state index contributed by atoms with van der Waals surface area (Å²) in [6, 6.07) is 8.08. The third-order valence-electron chi connectivity index (χ3n) is 2.72. The minimum atomic E-state index is -3.46. The first-order valence-corrected chi connectivity index (χ1v) is 7.69. The van der Waals surface area contributed by atoms with Gasteiger partial charge in [0.15, 0.2) is 0 Å². The second kappa shape index (κ2) is 5.77. The first-order chi connectivity index (χ1) is 8.97. The lowest BCUT2D eigenvalue weighted by Gasteiger charge is -2.06. The van der Waals surface area contributed by atoms with E-state index in [9.17, 15) is 8.42 Å². The highest BCUT2D eigenvalue weighted by Crippen LogP contribution is 2.13. The quantitative estimate of drug-likeness (QED) is 0.920. The molecule has 19 heavy (non-hydrogen) atoms. The van der Waals surface area contributed by atoms with E-state index in [0.29, 0.717) is 18.0 Å². The Labute approximate surface area is 118 Å². The van der Waals surface area contributed by atoms with Crippen LogP contribution < -0.4 is 4.72 Å². The molecule has 0 radical (unpaired) electrons. The zero-order valence-corrected chi connectivity index (χ0v) is 12.1. The van der Waals surface area contributed by atoms with Crippen LogP contribution in [0.5, 0.6) is 0 Å². The number of hydrogen-bond acceptors (Lipinski definition) is 2. The Morgan fingerprint density at radius 1 is 1.21 bits per heavy atom. The third-order valence-corrected chi connectivity index (χ3v) is 4.45. The second-order valence-corrected chi connectivity index (χ2v) is 6.49. The Balaban J connectivity index is 1.96. The molecule has 0 atom stereocenters. The fourth-order valence-electron chi connectivity index (χ4n) is 1.74. The largest absolute Gasteiger partial charge is 0.357 e. The van der Waals surface area contributed by atoms with Crippen LogP contribution in [-0.4, -0.2) is 19.5 Å². The smallest absolute Gasteiger partial charge is 0.240 e. The van der Waals surface area contributed by atoms with Crippen molar-refractivity contribution in [3.63, 3.8) is 0 Å². The van der Waals surface area contributed by atoms with E-state index in [1.54, 1.807) is 12.1 Å². The van der Waals surface area contributed by atoms with Gasteiger partial charge in [0.05, 0.1) is 4.90 Å². The van der Waals surface area contributed by atoms with Gasteiger partial charge in [0.25, 0.3) is 0 Å². The van der Waals surface area contributed by atoms with Gasteiger partial charge in [-0.1, -0.05) is 11.6 Å². The Hall–Kier alpha value is -1.30. The number of hydrogen-bond donors (Lipinski definition) is 1. The maximum Gasteiger partial charge on any atom is 0.240 e. The minimum Gasteiger partial charge on any atom is -0.357 e. The zero-order chi connectivity index (χ0) is 13.9. The van der Waals surface area contributed by atoms with Crippen LogP contribution in [0.4, 0.5) is 0 Å². The predicted molar refractivity (Wildman–Crippen MR) is 75.8 cm³/mol. The lowest BCUT2D eigenvalue weighted by Crippen LogP contribution is -2.25. The van der Waals surface area contributed by atoms with Crippen molar-refractivity contribution >= 4 is 21.6 Å². The van der Waals surface area contributed by atoms with Gasteiger partial charge in [-0.05, 0) is 42.3 Å². The van der Waals surface area contributed by atoms with Crippen LogP contribution in [-0.2, 0) is 23.5 Å². The van der Waals surface area contributed by atoms with Gasteiger partial charge in [0, 0.05) is 31.0 Å². The van der Waals surface area contributed by atoms with E-state index in [1.165, 1.54) is 12.1 Å². The van der Waals surface area contributed by atoms with Crippen LogP contribution in [0.1, 0.15) is 5.56 Å². The molecule has 0 bridgehead atoms. The van der Waals surface area contributed by atoms with E-state index in [2.05, 4.69) is 4.72 Å². The molecule has 0 aliphatic rings. The molecule has 1 N–H and O–H groups in total. The Kier molecular flexibility index (Phi) is 4.29. The number of sulfonamides is 1. The Morgan fingerprint density at radius 2 is 1.89 bits per heavy atom. The molecule has 1 aromatic heterocycles. The van der Waals surface area contributed by atoms with Crippen molar-refractivity contribution in [3.8, 4) is 0 Å². The number of nitrogens with zero attached hydrogens (tertiary/aromatic N) is 1. The van der Waals surface area contributed by atoms with E-state index in [-0.39, 0.29) is 4.90 Å². The second-order valence-electron chi connectivity index (χ2n) is 4.29. The fourth-order valence-corrected chi connectivity index (χ4v) is 2.89. The molecule has 0 spiro atoms. The maximum absolute atomic E-state index is 12.0. The van der Waals surface area contributed by atoms with Gasteiger partial charge >= 0.3 is 0 Å². The van der Waals surface area contributed by atoms with Gasteiger partial charge in [-0.25, -0.2) is 13.1 Å². The van der Waals surface area contributed by atoms with Gasteiger partial charge in [0.2, 0.25) is 10.0 Å². The highest BCUT2D eigenvalue weighted by Gasteiger charge is 2.12. The molecule has 6 heteroatoms. The molecule has 2 rings (SSSR count). The van der Waals surface area contributed by atoms with Crippen LogP contribution in [0.2, 0.25) is 5.02 Å². The average Bonchev–Trinajstić information content (AvgIpc) is 2.75. The molecule has 4 nitrogen and oxygen atoms in total. The van der Waals surface area contributed by atoms with Crippen LogP contribution in [0.15, 0.2) is 47.6 Å². The summed E-state index contributed by atoms with van der Waals surface area (Å²) in [5.74, 6) is 0. The highest BCUT2D eigenvalue weighted by atomic mass is 35.5. The summed E-state index contributed by atoms with van der Waals surface area (Å²) in [4.78, 5) is 0.227. The van der Waals surface area contributed by atoms with Crippen molar-refractivity contribution in [2.45, 2.75) is 11.3 Å². The van der Waals surface area contributed by atoms with E-state index in [1.807, 2.05) is 30.1 Å². The Bertz CT molecular complexity index is 648. The summed E-state index contributed by atoms with van der Waals surface area (Å²) in [7, 11) is -1.52. The molecule has 0 amide bonds. The van der Waals surface area contributed by atoms with Crippen molar-refractivity contribution in [1.82, 2.24) is 9.29 Å². The van der Waals surface area contributed by atoms with E-state index >= 15 is 0 Å². The van der Waals surface area contributed by atoms with Crippen molar-refractivity contribution < 1.29 is 8.42 Å². The lowest BCUT2D eigenvalue weighted by atomic mass is 10.2. The highest BCUT2D eigenvalue weighted by molar-refractivity contribution is 7.89. The molecular weight excluding hydrogens is 284 g/mol. The van der Waals surface area contributed by atoms with Gasteiger partial charge in [-0.15, -0.1) is 0 Å². The molecule has 0 aliphatic carbocycles. The van der Waals surface area contributed by atoms with Gasteiger partial charge in [-0.3, -0.25) is 0 Å². The molecule has 1 heterocycles.